The van der Waals surface area contributed by atoms with Crippen LogP contribution in [-0.4, -0.2) is 11.1 Å². The lowest BCUT2D eigenvalue weighted by atomic mass is 10.3. The molecule has 0 fully saturated rings. The Kier molecular flexibility index (Phi) is 2.27. The van der Waals surface area contributed by atoms with Gasteiger partial charge in [-0.3, -0.25) is 0 Å². The first-order valence-electron chi connectivity index (χ1n) is 4.04. The molecule has 4 nitrogen and oxygen atoms in total. The summed E-state index contributed by atoms with van der Waals surface area (Å²) in [5.74, 6) is -0.728. The highest BCUT2D eigenvalue weighted by Crippen LogP contribution is 2.29. The maximum atomic E-state index is 10.6. The molecule has 5 heteroatoms. The number of rotatable bonds is 2. The molecule has 2 heterocycles. The van der Waals surface area contributed by atoms with E-state index in [1.807, 2.05) is 6.07 Å². The monoisotopic (exact) mass is 219 g/mol. The summed E-state index contributed by atoms with van der Waals surface area (Å²) in [6.45, 7) is 0. The first-order chi connectivity index (χ1) is 7.20. The van der Waals surface area contributed by atoms with Crippen LogP contribution >= 0.6 is 11.3 Å². The van der Waals surface area contributed by atoms with Gasteiger partial charge < -0.3 is 9.52 Å². The molecule has 0 radical (unpaired) electrons. The van der Waals surface area contributed by atoms with E-state index in [1.165, 1.54) is 17.4 Å². The highest BCUT2D eigenvalue weighted by molar-refractivity contribution is 7.15. The lowest BCUT2D eigenvalue weighted by Gasteiger charge is -1.88. The molecule has 0 saturated carbocycles. The summed E-state index contributed by atoms with van der Waals surface area (Å²) >= 11 is 1.26. The zero-order chi connectivity index (χ0) is 10.8. The molecule has 0 spiro atoms. The molecule has 1 N–H and O–H groups in total. The number of aromatic carboxylic acids is 1. The number of nitrogens with zero attached hydrogens (tertiary/aromatic N) is 1. The Morgan fingerprint density at radius 3 is 2.73 bits per heavy atom. The van der Waals surface area contributed by atoms with E-state index in [2.05, 4.69) is 0 Å². The number of thiophene rings is 1. The van der Waals surface area contributed by atoms with Crippen LogP contribution in [-0.2, 0) is 0 Å². The average molecular weight is 219 g/mol. The number of hydrogen-bond donors (Lipinski definition) is 1. The van der Waals surface area contributed by atoms with E-state index in [0.29, 0.717) is 10.6 Å². The second-order valence-electron chi connectivity index (χ2n) is 2.74. The van der Waals surface area contributed by atoms with Crippen LogP contribution in [0, 0.1) is 11.3 Å². The fraction of sp³-hybridized carbons (Fsp3) is 0. The van der Waals surface area contributed by atoms with Gasteiger partial charge in [0.25, 0.3) is 0 Å². The van der Waals surface area contributed by atoms with Gasteiger partial charge in [0.05, 0.1) is 4.88 Å². The van der Waals surface area contributed by atoms with Crippen molar-refractivity contribution in [3.63, 3.8) is 0 Å². The lowest BCUT2D eigenvalue weighted by Crippen LogP contribution is -1.91. The van der Waals surface area contributed by atoms with Gasteiger partial charge in [0.15, 0.2) is 0 Å². The van der Waals surface area contributed by atoms with Gasteiger partial charge in [-0.05, 0) is 24.3 Å². The summed E-state index contributed by atoms with van der Waals surface area (Å²) in [6.07, 6.45) is 0. The van der Waals surface area contributed by atoms with Gasteiger partial charge in [-0.25, -0.2) is 4.79 Å². The summed E-state index contributed by atoms with van der Waals surface area (Å²) < 4.78 is 5.09. The third-order valence-electron chi connectivity index (χ3n) is 1.78. The summed E-state index contributed by atoms with van der Waals surface area (Å²) in [5, 5.41) is 17.3. The minimum Gasteiger partial charge on any atom is -0.475 e. The molecule has 15 heavy (non-hydrogen) atoms. The van der Waals surface area contributed by atoms with Crippen LogP contribution in [0.25, 0.3) is 10.6 Å². The van der Waals surface area contributed by atoms with E-state index in [1.54, 1.807) is 18.2 Å². The molecule has 0 saturated heterocycles. The van der Waals surface area contributed by atoms with Crippen LogP contribution in [0.5, 0.6) is 0 Å². The van der Waals surface area contributed by atoms with Crippen LogP contribution < -0.4 is 0 Å². The molecule has 2 rings (SSSR count). The normalized spacial score (nSPS) is 9.80. The van der Waals surface area contributed by atoms with Crippen LogP contribution in [0.4, 0.5) is 0 Å². The standard InChI is InChI=1S/C10H5NO3S/c11-5-6-1-4-9(15-6)7-2-3-8(14-7)10(12)13/h1-4H,(H,12,13). The second-order valence-corrected chi connectivity index (χ2v) is 3.83. The largest absolute Gasteiger partial charge is 0.475 e. The van der Waals surface area contributed by atoms with Gasteiger partial charge in [0.2, 0.25) is 5.76 Å². The van der Waals surface area contributed by atoms with Gasteiger partial charge in [-0.1, -0.05) is 0 Å². The van der Waals surface area contributed by atoms with Crippen LogP contribution in [0.1, 0.15) is 15.4 Å². The number of furan rings is 1. The zero-order valence-electron chi connectivity index (χ0n) is 7.43. The van der Waals surface area contributed by atoms with E-state index in [-0.39, 0.29) is 5.76 Å². The first-order valence-corrected chi connectivity index (χ1v) is 4.86. The van der Waals surface area contributed by atoms with Crippen molar-refractivity contribution < 1.29 is 14.3 Å². The predicted molar refractivity (Wildman–Crippen MR) is 53.7 cm³/mol. The van der Waals surface area contributed by atoms with Gasteiger partial charge >= 0.3 is 5.97 Å². The number of carbonyl (C=O) groups is 1. The molecule has 0 aliphatic rings. The molecule has 0 aliphatic carbocycles. The van der Waals surface area contributed by atoms with Crippen LogP contribution in [0.3, 0.4) is 0 Å². The summed E-state index contributed by atoms with van der Waals surface area (Å²) in [6, 6.07) is 8.38. The van der Waals surface area contributed by atoms with Gasteiger partial charge in [-0.15, -0.1) is 11.3 Å². The molecule has 0 aromatic carbocycles. The molecule has 2 aromatic rings. The quantitative estimate of drug-likeness (QED) is 0.842. The Bertz CT molecular complexity index is 547. The van der Waals surface area contributed by atoms with E-state index in [9.17, 15) is 4.79 Å². The smallest absolute Gasteiger partial charge is 0.371 e. The Hall–Kier alpha value is -2.06. The SMILES string of the molecule is N#Cc1ccc(-c2ccc(C(=O)O)o2)s1. The molecule has 0 unspecified atom stereocenters. The Morgan fingerprint density at radius 1 is 1.40 bits per heavy atom. The number of carboxylic acid groups (broad SMARTS) is 1. The minimum atomic E-state index is -1.10. The third-order valence-corrected chi connectivity index (χ3v) is 2.78. The number of carboxylic acids is 1. The fourth-order valence-corrected chi connectivity index (χ4v) is 1.88. The molecule has 2 aromatic heterocycles. The Morgan fingerprint density at radius 2 is 2.20 bits per heavy atom. The van der Waals surface area contributed by atoms with Crippen LogP contribution in [0.2, 0.25) is 0 Å². The Labute approximate surface area is 89.0 Å². The molecule has 0 atom stereocenters. The first kappa shape index (κ1) is 9.49. The van der Waals surface area contributed by atoms with E-state index >= 15 is 0 Å². The maximum Gasteiger partial charge on any atom is 0.371 e. The summed E-state index contributed by atoms with van der Waals surface area (Å²) in [4.78, 5) is 11.9. The molecular formula is C10H5NO3S. The topological polar surface area (TPSA) is 74.2 Å². The molecule has 0 bridgehead atoms. The molecule has 74 valence electrons. The molecule has 0 amide bonds. The molecule has 0 aliphatic heterocycles. The third kappa shape index (κ3) is 1.75. The molecular weight excluding hydrogens is 214 g/mol. The Balaban J connectivity index is 2.38. The van der Waals surface area contributed by atoms with E-state index in [0.717, 1.165) is 4.88 Å². The average Bonchev–Trinajstić information content (AvgIpc) is 2.86. The van der Waals surface area contributed by atoms with E-state index < -0.39 is 5.97 Å². The van der Waals surface area contributed by atoms with Gasteiger partial charge in [-0.2, -0.15) is 5.26 Å². The van der Waals surface area contributed by atoms with Crippen molar-refractivity contribution in [1.29, 1.82) is 5.26 Å². The number of nitriles is 1. The summed E-state index contributed by atoms with van der Waals surface area (Å²) in [5.41, 5.74) is 0. The highest BCUT2D eigenvalue weighted by atomic mass is 32.1. The van der Waals surface area contributed by atoms with Crippen molar-refractivity contribution in [3.8, 4) is 16.7 Å². The van der Waals surface area contributed by atoms with Crippen LogP contribution in [0.15, 0.2) is 28.7 Å². The second kappa shape index (κ2) is 3.59. The highest BCUT2D eigenvalue weighted by Gasteiger charge is 2.11. The zero-order valence-corrected chi connectivity index (χ0v) is 8.25. The fourth-order valence-electron chi connectivity index (χ4n) is 1.12. The van der Waals surface area contributed by atoms with Crippen molar-refractivity contribution in [3.05, 3.63) is 34.9 Å². The van der Waals surface area contributed by atoms with Crippen molar-refractivity contribution in [2.45, 2.75) is 0 Å². The van der Waals surface area contributed by atoms with Crippen molar-refractivity contribution >= 4 is 17.3 Å². The number of hydrogen-bond acceptors (Lipinski definition) is 4. The van der Waals surface area contributed by atoms with E-state index in [4.69, 9.17) is 14.8 Å². The lowest BCUT2D eigenvalue weighted by molar-refractivity contribution is 0.0663. The van der Waals surface area contributed by atoms with Crippen molar-refractivity contribution in [2.75, 3.05) is 0 Å². The van der Waals surface area contributed by atoms with Crippen molar-refractivity contribution in [1.82, 2.24) is 0 Å². The van der Waals surface area contributed by atoms with Crippen molar-refractivity contribution in [2.24, 2.45) is 0 Å². The summed E-state index contributed by atoms with van der Waals surface area (Å²) in [7, 11) is 0. The van der Waals surface area contributed by atoms with Gasteiger partial charge in [0.1, 0.15) is 16.7 Å². The predicted octanol–water partition coefficient (Wildman–Crippen LogP) is 2.58. The maximum absolute atomic E-state index is 10.6. The van der Waals surface area contributed by atoms with Gasteiger partial charge in [0, 0.05) is 0 Å². The minimum absolute atomic E-state index is 0.100.